The van der Waals surface area contributed by atoms with Crippen molar-refractivity contribution in [1.82, 2.24) is 35.2 Å². The third-order valence-corrected chi connectivity index (χ3v) is 20.4. The molecule has 25 heteroatoms. The van der Waals surface area contributed by atoms with Gasteiger partial charge in [0.25, 0.3) is 0 Å². The molecule has 8 aromatic heterocycles. The number of nitrogens with two attached hydrogens (primary N) is 3. The number of nitrogens with zero attached hydrogens (tertiary/aromatic N) is 10. The molecule has 0 aliphatic heterocycles. The Bertz CT molecular complexity index is 4490. The molecule has 0 saturated carbocycles. The van der Waals surface area contributed by atoms with E-state index >= 15 is 0 Å². The van der Waals surface area contributed by atoms with Crippen LogP contribution in [0.25, 0.3) is 63.2 Å². The largest absolute Gasteiger partial charge is 0.459 e. The van der Waals surface area contributed by atoms with Crippen LogP contribution in [0.4, 0.5) is 26.4 Å². The maximum Gasteiger partial charge on any atom is 0.407 e. The van der Waals surface area contributed by atoms with Crippen molar-refractivity contribution in [3.05, 3.63) is 212 Å². The van der Waals surface area contributed by atoms with E-state index in [0.29, 0.717) is 62.2 Å². The average Bonchev–Trinajstić information content (AvgIpc) is 1.83. The van der Waals surface area contributed by atoms with Crippen molar-refractivity contribution in [3.63, 3.8) is 0 Å². The van der Waals surface area contributed by atoms with Gasteiger partial charge in [-0.3, -0.25) is 0 Å². The number of aromatic nitrogens is 6. The molecule has 0 aliphatic rings. The van der Waals surface area contributed by atoms with E-state index in [9.17, 15) is 15.3 Å². The van der Waals surface area contributed by atoms with Crippen molar-refractivity contribution in [3.8, 4) is 43.7 Å². The number of anilines is 4. The standard InChI is InChI=1S/C34H29N7O3S3.C21H17N3OS3.C12H14N4O/c1-41(16-17-43-34(42)38-20-22-6-8-23(9-7-22)21-44-33-37-15-14-30(36)40-33)31-13-12-29(46-31)28-11-10-25(45-28)18-24(19-35)32-39-26-4-2-3-5-27(26)47-32;1-24(10-11-25)20-9-8-19(27-20)18-7-6-15(26-18)12-14(13-22)21-23-16-4-2-3-5-17(16)28-21;13-7-9-1-3-10(4-2-9)8-17-12-15-6-5-11(14)16-12/h2-15,18H,16-17,20-21H2,1H3,(H,38,42)(H2,36,37,40);2-9,12,25H,10-11H2,1H3;1-6H,7-8,13H2,(H2,14,15,16)/b24-18+;14-12+;. The molecule has 8 heterocycles. The van der Waals surface area contributed by atoms with Crippen molar-refractivity contribution >= 4 is 139 Å². The number of hydrogen-bond donors (Lipinski definition) is 5. The second-order valence-corrected chi connectivity index (χ2v) is 26.4. The Morgan fingerprint density at radius 2 is 1.00 bits per heavy atom. The fourth-order valence-electron chi connectivity index (χ4n) is 8.54. The summed E-state index contributed by atoms with van der Waals surface area (Å²) in [7, 11) is 3.95. The number of thiophene rings is 4. The van der Waals surface area contributed by atoms with Gasteiger partial charge in [0.05, 0.1) is 54.7 Å². The van der Waals surface area contributed by atoms with Crippen molar-refractivity contribution < 1.29 is 24.1 Å². The first-order chi connectivity index (χ1) is 44.9. The minimum atomic E-state index is -0.474. The van der Waals surface area contributed by atoms with Crippen LogP contribution < -0.4 is 41.8 Å². The number of benzene rings is 4. The van der Waals surface area contributed by atoms with Crippen LogP contribution >= 0.6 is 68.0 Å². The second-order valence-electron chi connectivity index (χ2n) is 20.0. The molecule has 0 fully saturated rings. The topological polar surface area (TPSA) is 286 Å². The number of thiazole rings is 2. The van der Waals surface area contributed by atoms with Crippen LogP contribution in [0, 0.1) is 22.7 Å². The van der Waals surface area contributed by atoms with Crippen LogP contribution in [0.2, 0.25) is 0 Å². The highest BCUT2D eigenvalue weighted by Crippen LogP contribution is 2.40. The zero-order valence-corrected chi connectivity index (χ0v) is 54.6. The average molecular weight is 1330 g/mol. The van der Waals surface area contributed by atoms with E-state index in [2.05, 4.69) is 88.7 Å². The Morgan fingerprint density at radius 1 is 0.554 bits per heavy atom. The third-order valence-electron chi connectivity index (χ3n) is 13.4. The number of fused-ring (bicyclic) bond motifs is 2. The highest BCUT2D eigenvalue weighted by atomic mass is 32.1. The Labute approximate surface area is 554 Å². The lowest BCUT2D eigenvalue weighted by molar-refractivity contribution is 0.148. The molecule has 0 bridgehead atoms. The maximum atomic E-state index is 12.3. The molecule has 1 amide bonds. The summed E-state index contributed by atoms with van der Waals surface area (Å²) in [6.45, 7) is 3.15. The van der Waals surface area contributed by atoms with Gasteiger partial charge in [0.1, 0.15) is 53.6 Å². The number of amides is 1. The van der Waals surface area contributed by atoms with Crippen molar-refractivity contribution in [2.75, 3.05) is 61.7 Å². The van der Waals surface area contributed by atoms with Crippen LogP contribution in [0.5, 0.6) is 12.0 Å². The Hall–Kier alpha value is -9.93. The SMILES string of the molecule is CN(CCO)c1ccc(-c2ccc(/C=C(\C#N)c3nc4ccccc4s3)s2)s1.CN(CCOC(=O)NCc1ccc(COc2nccc(N)n2)cc1)c1ccc(-c2ccc(/C=C(\C#N)c3nc4ccccc4s3)s2)s1.NCc1ccc(COc2nccc(N)n2)cc1. The molecule has 0 spiro atoms. The summed E-state index contributed by atoms with van der Waals surface area (Å²) in [5, 5.41) is 35.0. The number of alkyl carbamates (subject to hydrolysis) is 1. The van der Waals surface area contributed by atoms with Crippen LogP contribution in [0.1, 0.15) is 42.0 Å². The normalized spacial score (nSPS) is 11.2. The number of aliphatic hydroxyl groups is 1. The molecule has 8 N–H and O–H groups in total. The highest BCUT2D eigenvalue weighted by molar-refractivity contribution is 7.25. The molecule has 4 aromatic carbocycles. The van der Waals surface area contributed by atoms with Gasteiger partial charge in [-0.25, -0.2) is 24.7 Å². The number of carbonyl (C=O) groups excluding carboxylic acids is 1. The van der Waals surface area contributed by atoms with Gasteiger partial charge in [0.2, 0.25) is 0 Å². The molecule has 92 heavy (non-hydrogen) atoms. The van der Waals surface area contributed by atoms with E-state index < -0.39 is 6.09 Å². The molecule has 464 valence electrons. The molecule has 12 rings (SSSR count). The zero-order valence-electron chi connectivity index (χ0n) is 49.7. The van der Waals surface area contributed by atoms with Crippen LogP contribution in [0.3, 0.4) is 0 Å². The molecule has 0 radical (unpaired) electrons. The van der Waals surface area contributed by atoms with Gasteiger partial charge in [-0.05, 0) is 119 Å². The van der Waals surface area contributed by atoms with E-state index in [-0.39, 0.29) is 25.2 Å². The number of rotatable bonds is 22. The molecular weight excluding hydrogens is 1270 g/mol. The predicted molar refractivity (Wildman–Crippen MR) is 376 cm³/mol. The lowest BCUT2D eigenvalue weighted by Gasteiger charge is -2.17. The number of nitrogen functional groups attached to an aromatic ring is 2. The van der Waals surface area contributed by atoms with E-state index in [1.165, 1.54) is 21.1 Å². The summed E-state index contributed by atoms with van der Waals surface area (Å²) in [4.78, 5) is 48.2. The van der Waals surface area contributed by atoms with Gasteiger partial charge in [-0.15, -0.1) is 68.0 Å². The fourth-order valence-corrected chi connectivity index (χ4v) is 14.5. The number of likely N-dealkylation sites (N-methyl/N-ethyl adjacent to an activating group) is 2. The molecular formula is C67H60N14O5S6. The minimum absolute atomic E-state index is 0.139. The van der Waals surface area contributed by atoms with Crippen molar-refractivity contribution in [1.29, 1.82) is 10.5 Å². The summed E-state index contributed by atoms with van der Waals surface area (Å²) in [5.74, 6) is 0.746. The van der Waals surface area contributed by atoms with Gasteiger partial charge in [0, 0.05) is 75.4 Å². The molecule has 0 saturated heterocycles. The molecule has 0 unspecified atom stereocenters. The lowest BCUT2D eigenvalue weighted by atomic mass is 10.1. The number of carbonyl (C=O) groups is 1. The van der Waals surface area contributed by atoms with E-state index in [4.69, 9.17) is 36.5 Å². The van der Waals surface area contributed by atoms with Gasteiger partial charge in [-0.2, -0.15) is 20.5 Å². The summed E-state index contributed by atoms with van der Waals surface area (Å²) in [6, 6.07) is 56.3. The summed E-state index contributed by atoms with van der Waals surface area (Å²) in [6.07, 6.45) is 6.45. The summed E-state index contributed by atoms with van der Waals surface area (Å²) in [5.41, 5.74) is 23.6. The predicted octanol–water partition coefficient (Wildman–Crippen LogP) is 14.1. The molecule has 0 aliphatic carbocycles. The Balaban J connectivity index is 0.000000173. The van der Waals surface area contributed by atoms with Gasteiger partial charge in [-0.1, -0.05) is 72.8 Å². The number of nitriles is 2. The quantitative estimate of drug-likeness (QED) is 0.0394. The van der Waals surface area contributed by atoms with Crippen molar-refractivity contribution in [2.45, 2.75) is 26.3 Å². The molecule has 12 aromatic rings. The van der Waals surface area contributed by atoms with E-state index in [1.807, 2.05) is 140 Å². The van der Waals surface area contributed by atoms with Gasteiger partial charge in [0.15, 0.2) is 0 Å². The first kappa shape index (κ1) is 65.0. The zero-order chi connectivity index (χ0) is 64.2. The Morgan fingerprint density at radius 3 is 1.46 bits per heavy atom. The lowest BCUT2D eigenvalue weighted by Crippen LogP contribution is -2.28. The number of nitrogens with one attached hydrogen (secondary N) is 1. The smallest absolute Gasteiger partial charge is 0.407 e. The highest BCUT2D eigenvalue weighted by Gasteiger charge is 2.15. The van der Waals surface area contributed by atoms with E-state index in [1.54, 1.807) is 81.2 Å². The van der Waals surface area contributed by atoms with Crippen LogP contribution in [0.15, 0.2) is 170 Å². The fraction of sp³-hybridized carbons (Fsp3) is 0.149. The number of ether oxygens (including phenoxy) is 3. The number of aliphatic hydroxyl groups excluding tert-OH is 1. The maximum absolute atomic E-state index is 12.3. The van der Waals surface area contributed by atoms with E-state index in [0.717, 1.165) is 82.2 Å². The third kappa shape index (κ3) is 18.2. The van der Waals surface area contributed by atoms with Crippen LogP contribution in [-0.4, -0.2) is 81.5 Å². The number of hydrogen-bond acceptors (Lipinski definition) is 24. The summed E-state index contributed by atoms with van der Waals surface area (Å²) < 4.78 is 18.5. The monoisotopic (exact) mass is 1330 g/mol. The summed E-state index contributed by atoms with van der Waals surface area (Å²) >= 11 is 9.73. The van der Waals surface area contributed by atoms with Crippen molar-refractivity contribution in [2.24, 2.45) is 5.73 Å². The van der Waals surface area contributed by atoms with Gasteiger partial charge < -0.3 is 51.6 Å². The second kappa shape index (κ2) is 32.2. The minimum Gasteiger partial charge on any atom is -0.459 e. The molecule has 0 atom stereocenters. The van der Waals surface area contributed by atoms with Gasteiger partial charge >= 0.3 is 18.1 Å². The number of para-hydroxylation sites is 2. The first-order valence-corrected chi connectivity index (χ1v) is 33.4. The number of allylic oxidation sites excluding steroid dienone is 2. The first-order valence-electron chi connectivity index (χ1n) is 28.5. The van der Waals surface area contributed by atoms with Crippen LogP contribution in [-0.2, 0) is 31.0 Å². The Kier molecular flexibility index (Phi) is 22.8. The molecule has 19 nitrogen and oxygen atoms in total.